The maximum Gasteiger partial charge on any atom is 0.306 e. The zero-order valence-corrected chi connectivity index (χ0v) is 18.7. The maximum absolute atomic E-state index is 11.4. The summed E-state index contributed by atoms with van der Waals surface area (Å²) in [5, 5.41) is 12.6. The molecule has 1 aliphatic rings. The van der Waals surface area contributed by atoms with E-state index in [-0.39, 0.29) is 11.8 Å². The van der Waals surface area contributed by atoms with Gasteiger partial charge in [0.1, 0.15) is 22.9 Å². The molecule has 5 aromatic rings. The van der Waals surface area contributed by atoms with Gasteiger partial charge in [0.15, 0.2) is 0 Å². The van der Waals surface area contributed by atoms with Gasteiger partial charge in [0.2, 0.25) is 0 Å². The molecule has 0 spiro atoms. The number of aromatic amines is 1. The third-order valence-electron chi connectivity index (χ3n) is 6.75. The van der Waals surface area contributed by atoms with E-state index in [1.807, 2.05) is 10.6 Å². The van der Waals surface area contributed by atoms with Crippen molar-refractivity contribution in [1.82, 2.24) is 19.4 Å². The largest absolute Gasteiger partial charge is 0.481 e. The molecule has 1 fully saturated rings. The number of nitrogens with zero attached hydrogens (tertiary/aromatic N) is 3. The summed E-state index contributed by atoms with van der Waals surface area (Å²) in [6.07, 6.45) is 6.53. The number of thiophene rings is 1. The van der Waals surface area contributed by atoms with Crippen molar-refractivity contribution in [3.63, 3.8) is 0 Å². The fraction of sp³-hybridized carbons (Fsp3) is 0.240. The zero-order chi connectivity index (χ0) is 22.5. The minimum Gasteiger partial charge on any atom is -0.481 e. The second-order valence-corrected chi connectivity index (χ2v) is 9.61. The number of aromatic nitrogens is 4. The molecule has 1 saturated carbocycles. The molecule has 0 amide bonds. The van der Waals surface area contributed by atoms with Crippen LogP contribution in [0, 0.1) is 5.92 Å². The molecular weight excluding hydrogens is 434 g/mol. The molecule has 1 aromatic carbocycles. The van der Waals surface area contributed by atoms with Crippen LogP contribution in [0.1, 0.15) is 37.4 Å². The summed E-state index contributed by atoms with van der Waals surface area (Å²) < 4.78 is 2.04. The second kappa shape index (κ2) is 7.74. The first kappa shape index (κ1) is 20.0. The number of hydrogen-bond acceptors (Lipinski definition) is 5. The predicted molar refractivity (Wildman–Crippen MR) is 130 cm³/mol. The summed E-state index contributed by atoms with van der Waals surface area (Å²) in [7, 11) is 0. The third-order valence-corrected chi connectivity index (χ3v) is 7.65. The van der Waals surface area contributed by atoms with Gasteiger partial charge >= 0.3 is 5.97 Å². The van der Waals surface area contributed by atoms with Gasteiger partial charge in [-0.15, -0.1) is 11.3 Å². The first-order chi connectivity index (χ1) is 16.1. The Kier molecular flexibility index (Phi) is 4.69. The molecule has 4 aromatic heterocycles. The van der Waals surface area contributed by atoms with Crippen LogP contribution in [0.3, 0.4) is 0 Å². The number of para-hydroxylation sites is 1. The fourth-order valence-electron chi connectivity index (χ4n) is 5.08. The van der Waals surface area contributed by atoms with Gasteiger partial charge in [-0.3, -0.25) is 9.20 Å². The minimum atomic E-state index is -0.699. The highest BCUT2D eigenvalue weighted by molar-refractivity contribution is 7.13. The molecule has 1 aliphatic carbocycles. The number of imidazole rings is 1. The first-order valence-electron chi connectivity index (χ1n) is 11.1. The van der Waals surface area contributed by atoms with E-state index in [9.17, 15) is 9.90 Å². The van der Waals surface area contributed by atoms with Crippen molar-refractivity contribution in [2.45, 2.75) is 31.6 Å². The summed E-state index contributed by atoms with van der Waals surface area (Å²) in [6.45, 7) is 0. The quantitative estimate of drug-likeness (QED) is 0.328. The van der Waals surface area contributed by atoms with Crippen LogP contribution in [0.5, 0.6) is 0 Å². The highest BCUT2D eigenvalue weighted by Gasteiger charge is 2.30. The number of carboxylic acids is 1. The molecule has 4 N–H and O–H groups in total. The Morgan fingerprint density at radius 1 is 1.18 bits per heavy atom. The summed E-state index contributed by atoms with van der Waals surface area (Å²) in [6, 6.07) is 12.6. The smallest absolute Gasteiger partial charge is 0.306 e. The van der Waals surface area contributed by atoms with E-state index in [0.717, 1.165) is 52.0 Å². The minimum absolute atomic E-state index is 0.190. The third kappa shape index (κ3) is 3.29. The predicted octanol–water partition coefficient (Wildman–Crippen LogP) is 5.55. The van der Waals surface area contributed by atoms with Crippen LogP contribution in [-0.4, -0.2) is 30.4 Å². The highest BCUT2D eigenvalue weighted by Crippen LogP contribution is 2.40. The maximum atomic E-state index is 11.4. The van der Waals surface area contributed by atoms with Crippen LogP contribution in [0.2, 0.25) is 0 Å². The van der Waals surface area contributed by atoms with E-state index in [0.29, 0.717) is 18.7 Å². The topological polar surface area (TPSA) is 109 Å². The zero-order valence-electron chi connectivity index (χ0n) is 17.9. The number of aliphatic carboxylic acids is 1. The SMILES string of the molecule is Nc1nccn2c(C3CCC(C(=O)O)CC3)nc(-c3cc4cccc(-c5cccs5)c4[nH]3)c12. The molecular formula is C25H23N5O2S. The molecule has 0 unspecified atom stereocenters. The number of nitrogens with one attached hydrogen (secondary N) is 1. The van der Waals surface area contributed by atoms with Crippen molar-refractivity contribution >= 4 is 39.5 Å². The van der Waals surface area contributed by atoms with Gasteiger partial charge in [0, 0.05) is 34.1 Å². The summed E-state index contributed by atoms with van der Waals surface area (Å²) in [5.41, 5.74) is 11.0. The lowest BCUT2D eigenvalue weighted by Crippen LogP contribution is -2.21. The van der Waals surface area contributed by atoms with Crippen molar-refractivity contribution in [1.29, 1.82) is 0 Å². The van der Waals surface area contributed by atoms with Crippen LogP contribution in [0.4, 0.5) is 5.82 Å². The van der Waals surface area contributed by atoms with Gasteiger partial charge in [-0.1, -0.05) is 24.3 Å². The number of H-pyrrole nitrogens is 1. The Morgan fingerprint density at radius 2 is 2.03 bits per heavy atom. The Morgan fingerprint density at radius 3 is 2.79 bits per heavy atom. The lowest BCUT2D eigenvalue weighted by atomic mass is 9.81. The van der Waals surface area contributed by atoms with Gasteiger partial charge < -0.3 is 15.8 Å². The molecule has 0 radical (unpaired) electrons. The van der Waals surface area contributed by atoms with Crippen LogP contribution in [0.25, 0.3) is 38.2 Å². The molecule has 0 atom stereocenters. The number of carbonyl (C=O) groups is 1. The van der Waals surface area contributed by atoms with E-state index in [2.05, 4.69) is 51.7 Å². The van der Waals surface area contributed by atoms with Gasteiger partial charge in [-0.25, -0.2) is 9.97 Å². The summed E-state index contributed by atoms with van der Waals surface area (Å²) in [4.78, 5) is 25.6. The highest BCUT2D eigenvalue weighted by atomic mass is 32.1. The van der Waals surface area contributed by atoms with Crippen LogP contribution in [0.15, 0.2) is 54.2 Å². The molecule has 0 saturated heterocycles. The fourth-order valence-corrected chi connectivity index (χ4v) is 5.84. The standard InChI is InChI=1S/C25H23N5O2S/c26-23-22-21(18-13-16-3-1-4-17(20(16)28-18)19-5-2-12-33-19)29-24(30(22)11-10-27-23)14-6-8-15(9-7-14)25(31)32/h1-5,10-15,28H,6-9H2,(H2,26,27)(H,31,32). The number of carboxylic acid groups (broad SMARTS) is 1. The monoisotopic (exact) mass is 457 g/mol. The van der Waals surface area contributed by atoms with Crippen molar-refractivity contribution in [3.8, 4) is 21.8 Å². The van der Waals surface area contributed by atoms with Crippen LogP contribution < -0.4 is 5.73 Å². The number of fused-ring (bicyclic) bond motifs is 2. The molecule has 33 heavy (non-hydrogen) atoms. The number of nitrogen functional groups attached to an aromatic ring is 1. The van der Waals surface area contributed by atoms with Crippen LogP contribution in [-0.2, 0) is 4.79 Å². The lowest BCUT2D eigenvalue weighted by molar-refractivity contribution is -0.142. The van der Waals surface area contributed by atoms with E-state index < -0.39 is 5.97 Å². The molecule has 0 bridgehead atoms. The summed E-state index contributed by atoms with van der Waals surface area (Å²) in [5.74, 6) is 0.589. The Labute approximate surface area is 193 Å². The van der Waals surface area contributed by atoms with Gasteiger partial charge in [0.05, 0.1) is 17.1 Å². The molecule has 6 rings (SSSR count). The number of benzene rings is 1. The van der Waals surface area contributed by atoms with Crippen molar-refractivity contribution in [2.24, 2.45) is 5.92 Å². The van der Waals surface area contributed by atoms with E-state index in [1.54, 1.807) is 17.5 Å². The Hall–Kier alpha value is -3.65. The van der Waals surface area contributed by atoms with Crippen molar-refractivity contribution < 1.29 is 9.90 Å². The normalized spacial score (nSPS) is 18.8. The second-order valence-electron chi connectivity index (χ2n) is 8.67. The number of nitrogens with two attached hydrogens (primary N) is 1. The van der Waals surface area contributed by atoms with E-state index >= 15 is 0 Å². The average molecular weight is 458 g/mol. The summed E-state index contributed by atoms with van der Waals surface area (Å²) >= 11 is 1.71. The Bertz CT molecular complexity index is 1480. The molecule has 7 nitrogen and oxygen atoms in total. The Balaban J connectivity index is 1.48. The van der Waals surface area contributed by atoms with E-state index in [4.69, 9.17) is 10.7 Å². The first-order valence-corrected chi connectivity index (χ1v) is 12.0. The molecule has 166 valence electrons. The van der Waals surface area contributed by atoms with Crippen molar-refractivity contribution in [2.75, 3.05) is 5.73 Å². The average Bonchev–Trinajstić information content (AvgIpc) is 3.57. The van der Waals surface area contributed by atoms with E-state index in [1.165, 1.54) is 4.88 Å². The molecule has 8 heteroatoms. The number of anilines is 1. The molecule has 0 aliphatic heterocycles. The number of rotatable bonds is 4. The van der Waals surface area contributed by atoms with Gasteiger partial charge in [0.25, 0.3) is 0 Å². The van der Waals surface area contributed by atoms with Gasteiger partial charge in [-0.05, 0) is 43.2 Å². The molecule has 4 heterocycles. The van der Waals surface area contributed by atoms with Gasteiger partial charge in [-0.2, -0.15) is 0 Å². The van der Waals surface area contributed by atoms with Crippen molar-refractivity contribution in [3.05, 3.63) is 60.0 Å². The number of hydrogen-bond donors (Lipinski definition) is 3. The lowest BCUT2D eigenvalue weighted by Gasteiger charge is -2.25. The van der Waals surface area contributed by atoms with Crippen LogP contribution >= 0.6 is 11.3 Å².